The van der Waals surface area contributed by atoms with E-state index in [1.165, 1.54) is 0 Å². The third-order valence-electron chi connectivity index (χ3n) is 8.15. The van der Waals surface area contributed by atoms with Crippen molar-refractivity contribution in [2.45, 2.75) is 110 Å². The standard InChI is InChI=1S/C32H45BN2O6/c1-30(2,3)39-28(36)34-21-20-26-14-11-15-27(35(26)29(37)38-22-23-12-9-8-10-13-23)24-16-18-25(19-17-24)33-40-31(4,5)32(6,7)41-33/h8-10,12-13,16-19,26-27H,11,14-15,20-22H2,1-7H3,(H,34,36)/t26-,27-/m0/s1. The largest absolute Gasteiger partial charge is 0.494 e. The van der Waals surface area contributed by atoms with Crippen LogP contribution in [0.4, 0.5) is 9.59 Å². The molecule has 8 nitrogen and oxygen atoms in total. The summed E-state index contributed by atoms with van der Waals surface area (Å²) in [5.74, 6) is 0. The molecule has 9 heteroatoms. The summed E-state index contributed by atoms with van der Waals surface area (Å²) in [6.45, 7) is 14.3. The molecule has 0 spiro atoms. The number of carbonyl (C=O) groups excluding carboxylic acids is 2. The zero-order valence-corrected chi connectivity index (χ0v) is 25.6. The monoisotopic (exact) mass is 564 g/mol. The summed E-state index contributed by atoms with van der Waals surface area (Å²) in [7, 11) is -0.445. The van der Waals surface area contributed by atoms with E-state index in [4.69, 9.17) is 18.8 Å². The van der Waals surface area contributed by atoms with Crippen molar-refractivity contribution in [3.05, 3.63) is 65.7 Å². The molecule has 0 bridgehead atoms. The highest BCUT2D eigenvalue weighted by Gasteiger charge is 2.51. The third-order valence-corrected chi connectivity index (χ3v) is 8.15. The maximum absolute atomic E-state index is 13.6. The van der Waals surface area contributed by atoms with E-state index < -0.39 is 30.0 Å². The van der Waals surface area contributed by atoms with E-state index in [9.17, 15) is 9.59 Å². The first kappa shape index (κ1) is 30.9. The molecule has 4 rings (SSSR count). The fraction of sp³-hybridized carbons (Fsp3) is 0.562. The maximum atomic E-state index is 13.6. The summed E-state index contributed by atoms with van der Waals surface area (Å²) in [5.41, 5.74) is 1.51. The summed E-state index contributed by atoms with van der Waals surface area (Å²) in [6.07, 6.45) is 2.41. The molecular formula is C32H45BN2O6. The van der Waals surface area contributed by atoms with Gasteiger partial charge < -0.3 is 24.1 Å². The molecule has 2 amide bonds. The smallest absolute Gasteiger partial charge is 0.445 e. The number of likely N-dealkylation sites (tertiary alicyclic amines) is 1. The average molecular weight is 565 g/mol. The molecule has 0 saturated carbocycles. The van der Waals surface area contributed by atoms with Crippen LogP contribution in [-0.2, 0) is 25.4 Å². The molecular weight excluding hydrogens is 519 g/mol. The molecule has 2 aliphatic heterocycles. The molecule has 1 N–H and O–H groups in total. The van der Waals surface area contributed by atoms with Crippen LogP contribution in [0.3, 0.4) is 0 Å². The Kier molecular flexibility index (Phi) is 9.39. The maximum Gasteiger partial charge on any atom is 0.494 e. The zero-order chi connectivity index (χ0) is 29.8. The number of amides is 2. The summed E-state index contributed by atoms with van der Waals surface area (Å²) in [5, 5.41) is 2.84. The second kappa shape index (κ2) is 12.5. The van der Waals surface area contributed by atoms with Gasteiger partial charge in [0.15, 0.2) is 0 Å². The van der Waals surface area contributed by atoms with Crippen molar-refractivity contribution in [1.29, 1.82) is 0 Å². The minimum atomic E-state index is -0.570. The second-order valence-corrected chi connectivity index (χ2v) is 13.0. The lowest BCUT2D eigenvalue weighted by Gasteiger charge is -2.42. The number of nitrogens with one attached hydrogen (secondary N) is 1. The molecule has 2 aromatic carbocycles. The van der Waals surface area contributed by atoms with Crippen molar-refractivity contribution in [1.82, 2.24) is 10.2 Å². The lowest BCUT2D eigenvalue weighted by molar-refractivity contribution is 0.00578. The van der Waals surface area contributed by atoms with E-state index in [1.807, 2.05) is 95.8 Å². The number of rotatable bonds is 7. The highest BCUT2D eigenvalue weighted by atomic mass is 16.7. The van der Waals surface area contributed by atoms with Crippen LogP contribution in [0.5, 0.6) is 0 Å². The van der Waals surface area contributed by atoms with Crippen molar-refractivity contribution in [3.63, 3.8) is 0 Å². The van der Waals surface area contributed by atoms with Gasteiger partial charge in [-0.3, -0.25) is 4.90 Å². The Morgan fingerprint density at radius 3 is 2.22 bits per heavy atom. The van der Waals surface area contributed by atoms with Crippen molar-refractivity contribution in [2.75, 3.05) is 6.54 Å². The van der Waals surface area contributed by atoms with Gasteiger partial charge in [0.25, 0.3) is 0 Å². The van der Waals surface area contributed by atoms with Gasteiger partial charge in [-0.15, -0.1) is 0 Å². The van der Waals surface area contributed by atoms with Gasteiger partial charge in [0, 0.05) is 12.6 Å². The molecule has 222 valence electrons. The van der Waals surface area contributed by atoms with Crippen LogP contribution in [0.25, 0.3) is 0 Å². The van der Waals surface area contributed by atoms with E-state index in [-0.39, 0.29) is 24.8 Å². The van der Waals surface area contributed by atoms with E-state index in [0.717, 1.165) is 35.9 Å². The first-order valence-electron chi connectivity index (χ1n) is 14.7. The summed E-state index contributed by atoms with van der Waals surface area (Å²) < 4.78 is 23.7. The summed E-state index contributed by atoms with van der Waals surface area (Å²) >= 11 is 0. The van der Waals surface area contributed by atoms with Crippen LogP contribution >= 0.6 is 0 Å². The van der Waals surface area contributed by atoms with Crippen molar-refractivity contribution < 1.29 is 28.4 Å². The number of piperidine rings is 1. The molecule has 41 heavy (non-hydrogen) atoms. The number of ether oxygens (including phenoxy) is 2. The van der Waals surface area contributed by atoms with E-state index in [2.05, 4.69) is 17.4 Å². The molecule has 2 saturated heterocycles. The molecule has 0 aliphatic carbocycles. The predicted octanol–water partition coefficient (Wildman–Crippen LogP) is 6.13. The van der Waals surface area contributed by atoms with Crippen molar-refractivity contribution in [3.8, 4) is 0 Å². The van der Waals surface area contributed by atoms with Crippen LogP contribution in [0.2, 0.25) is 0 Å². The Morgan fingerprint density at radius 2 is 1.61 bits per heavy atom. The Balaban J connectivity index is 1.49. The highest BCUT2D eigenvalue weighted by molar-refractivity contribution is 6.62. The van der Waals surface area contributed by atoms with Crippen LogP contribution in [0.15, 0.2) is 54.6 Å². The lowest BCUT2D eigenvalue weighted by atomic mass is 9.78. The normalized spacial score (nSPS) is 21.8. The van der Waals surface area contributed by atoms with E-state index in [0.29, 0.717) is 13.0 Å². The van der Waals surface area contributed by atoms with Crippen molar-refractivity contribution >= 4 is 24.8 Å². The van der Waals surface area contributed by atoms with Crippen LogP contribution in [0.1, 0.15) is 91.3 Å². The second-order valence-electron chi connectivity index (χ2n) is 13.0. The molecule has 2 fully saturated rings. The molecule has 2 aromatic rings. The minimum absolute atomic E-state index is 0.0882. The zero-order valence-electron chi connectivity index (χ0n) is 25.6. The Bertz CT molecular complexity index is 1160. The minimum Gasteiger partial charge on any atom is -0.445 e. The van der Waals surface area contributed by atoms with Gasteiger partial charge in [-0.2, -0.15) is 0 Å². The van der Waals surface area contributed by atoms with Crippen LogP contribution < -0.4 is 10.8 Å². The topological polar surface area (TPSA) is 86.3 Å². The Morgan fingerprint density at radius 1 is 0.976 bits per heavy atom. The number of benzene rings is 2. The quantitative estimate of drug-likeness (QED) is 0.407. The Hall–Kier alpha value is -3.04. The van der Waals surface area contributed by atoms with Gasteiger partial charge in [0.05, 0.1) is 17.2 Å². The first-order chi connectivity index (χ1) is 19.3. The number of carbonyl (C=O) groups is 2. The molecule has 0 aromatic heterocycles. The van der Waals surface area contributed by atoms with Gasteiger partial charge in [0.1, 0.15) is 12.2 Å². The lowest BCUT2D eigenvalue weighted by Crippen LogP contribution is -2.47. The predicted molar refractivity (Wildman–Crippen MR) is 160 cm³/mol. The average Bonchev–Trinajstić information content (AvgIpc) is 3.13. The van der Waals surface area contributed by atoms with Crippen molar-refractivity contribution in [2.24, 2.45) is 0 Å². The van der Waals surface area contributed by atoms with Crippen LogP contribution in [0, 0.1) is 0 Å². The Labute approximate surface area is 245 Å². The van der Waals surface area contributed by atoms with E-state index in [1.54, 1.807) is 0 Å². The van der Waals surface area contributed by atoms with Gasteiger partial charge in [-0.05, 0) is 90.7 Å². The number of hydrogen-bond acceptors (Lipinski definition) is 6. The molecule has 2 atom stereocenters. The number of alkyl carbamates (subject to hydrolysis) is 1. The summed E-state index contributed by atoms with van der Waals surface area (Å²) in [4.78, 5) is 27.7. The van der Waals surface area contributed by atoms with Gasteiger partial charge >= 0.3 is 19.3 Å². The first-order valence-corrected chi connectivity index (χ1v) is 14.7. The summed E-state index contributed by atoms with van der Waals surface area (Å²) in [6, 6.07) is 17.6. The molecule has 2 aliphatic rings. The molecule has 0 unspecified atom stereocenters. The molecule has 2 heterocycles. The third kappa shape index (κ3) is 7.83. The number of hydrogen-bond donors (Lipinski definition) is 1. The number of nitrogens with zero attached hydrogens (tertiary/aromatic N) is 1. The SMILES string of the molecule is CC(C)(C)OC(=O)NCC[C@@H]1CCC[C@@H](c2ccc(B3OC(C)(C)C(C)(C)O3)cc2)N1C(=O)OCc1ccccc1. The molecule has 0 radical (unpaired) electrons. The highest BCUT2D eigenvalue weighted by Crippen LogP contribution is 2.38. The van der Waals surface area contributed by atoms with Gasteiger partial charge in [0.2, 0.25) is 0 Å². The van der Waals surface area contributed by atoms with Crippen LogP contribution in [-0.4, -0.2) is 53.6 Å². The fourth-order valence-corrected chi connectivity index (χ4v) is 5.27. The van der Waals surface area contributed by atoms with E-state index >= 15 is 0 Å². The fourth-order valence-electron chi connectivity index (χ4n) is 5.27. The van der Waals surface area contributed by atoms with Gasteiger partial charge in [-0.25, -0.2) is 9.59 Å². The van der Waals surface area contributed by atoms with Gasteiger partial charge in [-0.1, -0.05) is 54.6 Å².